The van der Waals surface area contributed by atoms with Crippen LogP contribution in [0, 0.1) is 5.92 Å². The summed E-state index contributed by atoms with van der Waals surface area (Å²) < 4.78 is 10.6. The Hall–Kier alpha value is -2.86. The second-order valence-electron chi connectivity index (χ2n) is 7.88. The second-order valence-corrected chi connectivity index (χ2v) is 7.88. The molecule has 3 rings (SSSR count). The Labute approximate surface area is 184 Å². The standard InChI is InChI=1S/C25H32N2O4/c1-30-21-10-11-22(23(18-21)31-2)24(28)19-12-16-27(17-13-19)15-7-6-14-26-25(29)20-8-4-3-5-9-20/h3-5,8-11,18-19H,6-7,12-17H2,1-2H3,(H,26,29). The van der Waals surface area contributed by atoms with Crippen molar-refractivity contribution in [2.75, 3.05) is 40.4 Å². The van der Waals surface area contributed by atoms with Gasteiger partial charge in [-0.1, -0.05) is 18.2 Å². The highest BCUT2D eigenvalue weighted by atomic mass is 16.5. The van der Waals surface area contributed by atoms with Crippen molar-refractivity contribution in [3.8, 4) is 11.5 Å². The fourth-order valence-corrected chi connectivity index (χ4v) is 3.99. The fourth-order valence-electron chi connectivity index (χ4n) is 3.99. The summed E-state index contributed by atoms with van der Waals surface area (Å²) in [5.41, 5.74) is 1.33. The average Bonchev–Trinajstić information content (AvgIpc) is 2.83. The third-order valence-electron chi connectivity index (χ3n) is 5.86. The van der Waals surface area contributed by atoms with Gasteiger partial charge in [0.15, 0.2) is 5.78 Å². The van der Waals surface area contributed by atoms with Gasteiger partial charge in [-0.3, -0.25) is 9.59 Å². The Bertz CT molecular complexity index is 861. The molecule has 1 aliphatic heterocycles. The first kappa shape index (κ1) is 22.8. The predicted octanol–water partition coefficient (Wildman–Crippen LogP) is 3.81. The lowest BCUT2D eigenvalue weighted by molar-refractivity contribution is 0.0836. The molecule has 0 bridgehead atoms. The van der Waals surface area contributed by atoms with Crippen molar-refractivity contribution in [1.82, 2.24) is 10.2 Å². The third kappa shape index (κ3) is 6.31. The van der Waals surface area contributed by atoms with E-state index in [1.54, 1.807) is 26.4 Å². The van der Waals surface area contributed by atoms with Crippen LogP contribution in [0.3, 0.4) is 0 Å². The minimum atomic E-state index is -0.0195. The first-order chi connectivity index (χ1) is 15.1. The molecule has 0 unspecified atom stereocenters. The summed E-state index contributed by atoms with van der Waals surface area (Å²) in [5.74, 6) is 1.42. The van der Waals surface area contributed by atoms with Crippen LogP contribution in [0.15, 0.2) is 48.5 Å². The van der Waals surface area contributed by atoms with Crippen molar-refractivity contribution in [2.24, 2.45) is 5.92 Å². The molecule has 0 radical (unpaired) electrons. The fraction of sp³-hybridized carbons (Fsp3) is 0.440. The molecule has 0 aliphatic carbocycles. The molecule has 0 saturated carbocycles. The largest absolute Gasteiger partial charge is 0.497 e. The normalized spacial score (nSPS) is 14.8. The van der Waals surface area contributed by atoms with Gasteiger partial charge in [0.1, 0.15) is 11.5 Å². The maximum absolute atomic E-state index is 13.0. The van der Waals surface area contributed by atoms with Gasteiger partial charge < -0.3 is 19.7 Å². The van der Waals surface area contributed by atoms with E-state index in [4.69, 9.17) is 9.47 Å². The summed E-state index contributed by atoms with van der Waals surface area (Å²) in [6, 6.07) is 14.7. The maximum atomic E-state index is 13.0. The van der Waals surface area contributed by atoms with Gasteiger partial charge in [-0.25, -0.2) is 0 Å². The predicted molar refractivity (Wildman–Crippen MR) is 121 cm³/mol. The molecule has 1 saturated heterocycles. The molecule has 0 spiro atoms. The minimum absolute atomic E-state index is 0.0195. The van der Waals surface area contributed by atoms with Crippen LogP contribution in [0.5, 0.6) is 11.5 Å². The van der Waals surface area contributed by atoms with Crippen LogP contribution in [0.25, 0.3) is 0 Å². The summed E-state index contributed by atoms with van der Waals surface area (Å²) in [7, 11) is 3.18. The van der Waals surface area contributed by atoms with E-state index >= 15 is 0 Å². The topological polar surface area (TPSA) is 67.9 Å². The van der Waals surface area contributed by atoms with Crippen LogP contribution >= 0.6 is 0 Å². The maximum Gasteiger partial charge on any atom is 0.251 e. The Balaban J connectivity index is 1.37. The number of carbonyl (C=O) groups is 2. The third-order valence-corrected chi connectivity index (χ3v) is 5.86. The number of likely N-dealkylation sites (tertiary alicyclic amines) is 1. The molecule has 0 aromatic heterocycles. The lowest BCUT2D eigenvalue weighted by Crippen LogP contribution is -2.37. The highest BCUT2D eigenvalue weighted by Gasteiger charge is 2.27. The van der Waals surface area contributed by atoms with Crippen LogP contribution in [-0.2, 0) is 0 Å². The number of ether oxygens (including phenoxy) is 2. The summed E-state index contributed by atoms with van der Waals surface area (Å²) >= 11 is 0. The van der Waals surface area contributed by atoms with E-state index in [2.05, 4.69) is 10.2 Å². The Morgan fingerprint density at radius 1 is 1.00 bits per heavy atom. The molecule has 6 nitrogen and oxygen atoms in total. The molecule has 166 valence electrons. The van der Waals surface area contributed by atoms with Gasteiger partial charge >= 0.3 is 0 Å². The average molecular weight is 425 g/mol. The number of nitrogens with one attached hydrogen (secondary N) is 1. The number of benzene rings is 2. The number of unbranched alkanes of at least 4 members (excludes halogenated alkanes) is 1. The van der Waals surface area contributed by atoms with Crippen molar-refractivity contribution < 1.29 is 19.1 Å². The lowest BCUT2D eigenvalue weighted by atomic mass is 9.88. The van der Waals surface area contributed by atoms with Gasteiger partial charge in [0.2, 0.25) is 0 Å². The quantitative estimate of drug-likeness (QED) is 0.464. The first-order valence-corrected chi connectivity index (χ1v) is 10.9. The highest BCUT2D eigenvalue weighted by molar-refractivity contribution is 6.00. The van der Waals surface area contributed by atoms with Gasteiger partial charge in [0.25, 0.3) is 5.91 Å². The SMILES string of the molecule is COc1ccc(C(=O)C2CCN(CCCCNC(=O)c3ccccc3)CC2)c(OC)c1. The molecule has 1 N–H and O–H groups in total. The Morgan fingerprint density at radius 2 is 1.74 bits per heavy atom. The van der Waals surface area contributed by atoms with Crippen LogP contribution in [0.4, 0.5) is 0 Å². The summed E-state index contributed by atoms with van der Waals surface area (Å²) in [5, 5.41) is 2.97. The van der Waals surface area contributed by atoms with Crippen molar-refractivity contribution in [3.05, 3.63) is 59.7 Å². The number of piperidine rings is 1. The van der Waals surface area contributed by atoms with E-state index < -0.39 is 0 Å². The van der Waals surface area contributed by atoms with Crippen LogP contribution in [-0.4, -0.2) is 57.0 Å². The number of carbonyl (C=O) groups excluding carboxylic acids is 2. The molecule has 2 aromatic rings. The zero-order valence-corrected chi connectivity index (χ0v) is 18.4. The Morgan fingerprint density at radius 3 is 2.42 bits per heavy atom. The molecule has 0 atom stereocenters. The van der Waals surface area contributed by atoms with Crippen molar-refractivity contribution in [2.45, 2.75) is 25.7 Å². The van der Waals surface area contributed by atoms with E-state index in [1.807, 2.05) is 36.4 Å². The van der Waals surface area contributed by atoms with Gasteiger partial charge in [-0.15, -0.1) is 0 Å². The number of Topliss-reactive ketones (excluding diaryl/α,β-unsaturated/α-hetero) is 1. The highest BCUT2D eigenvalue weighted by Crippen LogP contribution is 2.30. The van der Waals surface area contributed by atoms with Crippen molar-refractivity contribution in [1.29, 1.82) is 0 Å². The summed E-state index contributed by atoms with van der Waals surface area (Å²) in [4.78, 5) is 27.4. The molecular formula is C25H32N2O4. The van der Waals surface area contributed by atoms with E-state index in [-0.39, 0.29) is 17.6 Å². The molecule has 31 heavy (non-hydrogen) atoms. The molecule has 1 aliphatic rings. The molecule has 2 aromatic carbocycles. The van der Waals surface area contributed by atoms with Crippen molar-refractivity contribution >= 4 is 11.7 Å². The summed E-state index contributed by atoms with van der Waals surface area (Å²) in [6.45, 7) is 3.52. The van der Waals surface area contributed by atoms with Gasteiger partial charge in [0.05, 0.1) is 19.8 Å². The van der Waals surface area contributed by atoms with E-state index in [0.717, 1.165) is 45.3 Å². The minimum Gasteiger partial charge on any atom is -0.497 e. The number of ketones is 1. The van der Waals surface area contributed by atoms with E-state index in [9.17, 15) is 9.59 Å². The number of hydrogen-bond donors (Lipinski definition) is 1. The van der Waals surface area contributed by atoms with Crippen molar-refractivity contribution in [3.63, 3.8) is 0 Å². The summed E-state index contributed by atoms with van der Waals surface area (Å²) in [6.07, 6.45) is 3.69. The molecule has 6 heteroatoms. The number of nitrogens with zero attached hydrogens (tertiary/aromatic N) is 1. The monoisotopic (exact) mass is 424 g/mol. The van der Waals surface area contributed by atoms with E-state index in [0.29, 0.717) is 29.2 Å². The number of methoxy groups -OCH3 is 2. The lowest BCUT2D eigenvalue weighted by Gasteiger charge is -2.31. The van der Waals surface area contributed by atoms with Crippen LogP contribution in [0.2, 0.25) is 0 Å². The van der Waals surface area contributed by atoms with E-state index in [1.165, 1.54) is 0 Å². The molecule has 1 amide bonds. The number of hydrogen-bond acceptors (Lipinski definition) is 5. The number of rotatable bonds is 10. The van der Waals surface area contributed by atoms with Gasteiger partial charge in [0, 0.05) is 24.1 Å². The smallest absolute Gasteiger partial charge is 0.251 e. The van der Waals surface area contributed by atoms with Gasteiger partial charge in [-0.05, 0) is 69.6 Å². The van der Waals surface area contributed by atoms with Gasteiger partial charge in [-0.2, -0.15) is 0 Å². The Kier molecular flexibility index (Phi) is 8.47. The first-order valence-electron chi connectivity index (χ1n) is 10.9. The van der Waals surface area contributed by atoms with Crippen LogP contribution in [0.1, 0.15) is 46.4 Å². The van der Waals surface area contributed by atoms with Crippen LogP contribution < -0.4 is 14.8 Å². The molecule has 1 fully saturated rings. The zero-order valence-electron chi connectivity index (χ0n) is 18.4. The second kappa shape index (κ2) is 11.5. The number of amides is 1. The zero-order chi connectivity index (χ0) is 22.1. The molecular weight excluding hydrogens is 392 g/mol. The molecule has 1 heterocycles.